The summed E-state index contributed by atoms with van der Waals surface area (Å²) in [6, 6.07) is 0. The maximum Gasteiger partial charge on any atom is 0.334 e. The highest BCUT2D eigenvalue weighted by molar-refractivity contribution is 5.91. The van der Waals surface area contributed by atoms with Gasteiger partial charge in [0.25, 0.3) is 0 Å². The van der Waals surface area contributed by atoms with E-state index in [9.17, 15) is 14.7 Å². The molecule has 0 aromatic carbocycles. The summed E-state index contributed by atoms with van der Waals surface area (Å²) in [5.41, 5.74) is -0.677. The summed E-state index contributed by atoms with van der Waals surface area (Å²) < 4.78 is 23.4. The van der Waals surface area contributed by atoms with E-state index in [4.69, 9.17) is 18.9 Å². The molecule has 152 valence electrons. The molecule has 2 bridgehead atoms. The highest BCUT2D eigenvalue weighted by Crippen LogP contribution is 2.51. The molecule has 7 nitrogen and oxygen atoms in total. The first-order valence-electron chi connectivity index (χ1n) is 9.56. The van der Waals surface area contributed by atoms with Gasteiger partial charge in [0, 0.05) is 31.4 Å². The molecule has 0 aromatic rings. The van der Waals surface area contributed by atoms with Gasteiger partial charge >= 0.3 is 11.9 Å². The van der Waals surface area contributed by atoms with Crippen LogP contribution in [-0.4, -0.2) is 53.9 Å². The lowest BCUT2D eigenvalue weighted by Gasteiger charge is -2.36. The molecule has 3 saturated heterocycles. The smallest absolute Gasteiger partial charge is 0.334 e. The van der Waals surface area contributed by atoms with Crippen LogP contribution in [0.3, 0.4) is 0 Å². The Kier molecular flexibility index (Phi) is 5.16. The maximum absolute atomic E-state index is 12.3. The van der Waals surface area contributed by atoms with Crippen molar-refractivity contribution in [1.82, 2.24) is 0 Å². The van der Waals surface area contributed by atoms with Crippen molar-refractivity contribution in [3.8, 4) is 0 Å². The first-order chi connectivity index (χ1) is 12.5. The van der Waals surface area contributed by atoms with E-state index in [1.165, 1.54) is 0 Å². The summed E-state index contributed by atoms with van der Waals surface area (Å²) in [5.74, 6) is -2.75. The number of aliphatic hydroxyl groups is 1. The number of aliphatic hydroxyl groups excluding tert-OH is 1. The molecule has 0 aliphatic carbocycles. The molecule has 7 heteroatoms. The topological polar surface area (TPSA) is 91.3 Å². The summed E-state index contributed by atoms with van der Waals surface area (Å²) in [5, 5.41) is 10.8. The number of fused-ring (bicyclic) bond motifs is 3. The van der Waals surface area contributed by atoms with E-state index in [1.807, 2.05) is 6.92 Å². The van der Waals surface area contributed by atoms with Crippen molar-refractivity contribution < 1.29 is 33.6 Å². The Labute approximate surface area is 160 Å². The average Bonchev–Trinajstić information content (AvgIpc) is 3.01. The highest BCUT2D eigenvalue weighted by Gasteiger charge is 2.61. The predicted octanol–water partition coefficient (Wildman–Crippen LogP) is 1.96. The largest absolute Gasteiger partial charge is 0.461 e. The molecule has 0 amide bonds. The molecular weight excluding hydrogens is 352 g/mol. The fraction of sp³-hybridized carbons (Fsp3) is 0.800. The Morgan fingerprint density at radius 2 is 2.04 bits per heavy atom. The molecule has 27 heavy (non-hydrogen) atoms. The summed E-state index contributed by atoms with van der Waals surface area (Å²) in [7, 11) is 1.56. The molecule has 7 unspecified atom stereocenters. The zero-order valence-corrected chi connectivity index (χ0v) is 16.7. The van der Waals surface area contributed by atoms with Crippen LogP contribution >= 0.6 is 0 Å². The fourth-order valence-corrected chi connectivity index (χ4v) is 4.56. The summed E-state index contributed by atoms with van der Waals surface area (Å²) in [4.78, 5) is 24.6. The van der Waals surface area contributed by atoms with Crippen LogP contribution in [0.5, 0.6) is 0 Å². The van der Waals surface area contributed by atoms with Gasteiger partial charge in [-0.2, -0.15) is 0 Å². The molecule has 3 rings (SSSR count). The molecule has 0 radical (unpaired) electrons. The molecule has 0 aromatic heterocycles. The van der Waals surface area contributed by atoms with Crippen LogP contribution in [0, 0.1) is 17.8 Å². The predicted molar refractivity (Wildman–Crippen MR) is 95.5 cm³/mol. The monoisotopic (exact) mass is 382 g/mol. The third-order valence-electron chi connectivity index (χ3n) is 6.34. The van der Waals surface area contributed by atoms with Gasteiger partial charge in [0.05, 0.1) is 23.5 Å². The van der Waals surface area contributed by atoms with Gasteiger partial charge in [0.2, 0.25) is 0 Å². The number of hydrogen-bond donors (Lipinski definition) is 1. The van der Waals surface area contributed by atoms with E-state index >= 15 is 0 Å². The number of rotatable bonds is 3. The van der Waals surface area contributed by atoms with Crippen molar-refractivity contribution in [3.63, 3.8) is 0 Å². The normalized spacial score (nSPS) is 44.3. The van der Waals surface area contributed by atoms with Gasteiger partial charge in [-0.05, 0) is 13.3 Å². The second-order valence-corrected chi connectivity index (χ2v) is 8.62. The van der Waals surface area contributed by atoms with E-state index in [0.29, 0.717) is 18.4 Å². The summed E-state index contributed by atoms with van der Waals surface area (Å²) in [6.45, 7) is 11.1. The molecule has 1 N–H and O–H groups in total. The Bertz CT molecular complexity index is 644. The van der Waals surface area contributed by atoms with Crippen LogP contribution in [0.15, 0.2) is 12.2 Å². The van der Waals surface area contributed by atoms with Crippen LogP contribution in [0.1, 0.15) is 47.0 Å². The number of methoxy groups -OCH3 is 1. The van der Waals surface area contributed by atoms with Gasteiger partial charge in [0.1, 0.15) is 12.2 Å². The fourth-order valence-electron chi connectivity index (χ4n) is 4.56. The second-order valence-electron chi connectivity index (χ2n) is 8.62. The third kappa shape index (κ3) is 3.30. The number of hydrogen-bond acceptors (Lipinski definition) is 7. The standard InChI is InChI=1S/C20H30O7/c1-10(2)17(22)26-14-8-19(5)15(21)9-20(24-6,27-19)11(3)7-13-16(14)12(4)18(23)25-13/h10-11,13-16,21H,4,7-9H2,1-3,5-6H3. The van der Waals surface area contributed by atoms with E-state index in [2.05, 4.69) is 6.58 Å². The maximum atomic E-state index is 12.3. The minimum atomic E-state index is -0.980. The minimum absolute atomic E-state index is 0.148. The molecule has 3 aliphatic rings. The van der Waals surface area contributed by atoms with Gasteiger partial charge in [-0.1, -0.05) is 27.4 Å². The van der Waals surface area contributed by atoms with Crippen LogP contribution < -0.4 is 0 Å². The lowest BCUT2D eigenvalue weighted by molar-refractivity contribution is -0.267. The molecular formula is C20H30O7. The van der Waals surface area contributed by atoms with E-state index < -0.39 is 41.6 Å². The van der Waals surface area contributed by atoms with Crippen LogP contribution in [-0.2, 0) is 28.5 Å². The van der Waals surface area contributed by atoms with Gasteiger partial charge < -0.3 is 24.1 Å². The molecule has 0 spiro atoms. The number of carbonyl (C=O) groups is 2. The molecule has 7 atom stereocenters. The molecule has 3 heterocycles. The average molecular weight is 382 g/mol. The van der Waals surface area contributed by atoms with Gasteiger partial charge in [0.15, 0.2) is 5.79 Å². The Hall–Kier alpha value is -1.44. The highest BCUT2D eigenvalue weighted by atomic mass is 16.7. The Morgan fingerprint density at radius 3 is 2.63 bits per heavy atom. The van der Waals surface area contributed by atoms with Gasteiger partial charge in [-0.25, -0.2) is 4.79 Å². The van der Waals surface area contributed by atoms with E-state index in [-0.39, 0.29) is 24.2 Å². The minimum Gasteiger partial charge on any atom is -0.461 e. The first kappa shape index (κ1) is 20.3. The van der Waals surface area contributed by atoms with Crippen molar-refractivity contribution in [2.45, 2.75) is 76.7 Å². The van der Waals surface area contributed by atoms with Gasteiger partial charge in [-0.15, -0.1) is 0 Å². The van der Waals surface area contributed by atoms with E-state index in [1.54, 1.807) is 27.9 Å². The lowest BCUT2D eigenvalue weighted by atomic mass is 9.78. The number of ether oxygens (including phenoxy) is 4. The van der Waals surface area contributed by atoms with Crippen molar-refractivity contribution in [2.24, 2.45) is 17.8 Å². The third-order valence-corrected chi connectivity index (χ3v) is 6.34. The van der Waals surface area contributed by atoms with Crippen molar-refractivity contribution >= 4 is 11.9 Å². The molecule has 0 saturated carbocycles. The summed E-state index contributed by atoms with van der Waals surface area (Å²) >= 11 is 0. The van der Waals surface area contributed by atoms with E-state index in [0.717, 1.165) is 0 Å². The zero-order chi connectivity index (χ0) is 20.1. The zero-order valence-electron chi connectivity index (χ0n) is 16.7. The van der Waals surface area contributed by atoms with Crippen molar-refractivity contribution in [3.05, 3.63) is 12.2 Å². The van der Waals surface area contributed by atoms with Crippen LogP contribution in [0.4, 0.5) is 0 Å². The summed E-state index contributed by atoms with van der Waals surface area (Å²) in [6.07, 6.45) is -0.952. The van der Waals surface area contributed by atoms with Crippen molar-refractivity contribution in [2.75, 3.05) is 7.11 Å². The number of carbonyl (C=O) groups excluding carboxylic acids is 2. The quantitative estimate of drug-likeness (QED) is 0.589. The van der Waals surface area contributed by atoms with Gasteiger partial charge in [-0.3, -0.25) is 4.79 Å². The van der Waals surface area contributed by atoms with Crippen LogP contribution in [0.2, 0.25) is 0 Å². The first-order valence-corrected chi connectivity index (χ1v) is 9.56. The molecule has 3 fully saturated rings. The Balaban J connectivity index is 2.03. The SMILES string of the molecule is C=C1C(=O)OC2CC(C)C3(OC)CC(O)C(C)(CC(OC(=O)C(C)C)C12)O3. The lowest BCUT2D eigenvalue weighted by Crippen LogP contribution is -2.45. The molecule has 3 aliphatic heterocycles. The van der Waals surface area contributed by atoms with Crippen molar-refractivity contribution in [1.29, 1.82) is 0 Å². The van der Waals surface area contributed by atoms with Crippen LogP contribution in [0.25, 0.3) is 0 Å². The second kappa shape index (κ2) is 6.87. The Morgan fingerprint density at radius 1 is 1.37 bits per heavy atom. The number of esters is 2.